The molecule has 7 nitrogen and oxygen atoms in total. The number of nitrogens with one attached hydrogen (secondary N) is 3. The molecule has 2 fully saturated rings. The van der Waals surface area contributed by atoms with E-state index < -0.39 is 6.10 Å². The second-order valence-corrected chi connectivity index (χ2v) is 6.11. The van der Waals surface area contributed by atoms with Crippen molar-refractivity contribution in [2.75, 3.05) is 13.2 Å². The Labute approximate surface area is 129 Å². The molecular formula is C15H24N4O3. The lowest BCUT2D eigenvalue weighted by Crippen LogP contribution is -2.45. The summed E-state index contributed by atoms with van der Waals surface area (Å²) in [7, 11) is 0. The van der Waals surface area contributed by atoms with E-state index in [9.17, 15) is 9.90 Å². The van der Waals surface area contributed by atoms with E-state index in [1.54, 1.807) is 12.4 Å². The van der Waals surface area contributed by atoms with Gasteiger partial charge in [0.05, 0.1) is 25.3 Å². The highest BCUT2D eigenvalue weighted by atomic mass is 16.5. The Morgan fingerprint density at radius 3 is 3.00 bits per heavy atom. The maximum atomic E-state index is 12.0. The molecule has 3 atom stereocenters. The summed E-state index contributed by atoms with van der Waals surface area (Å²) in [5.41, 5.74) is 0. The topological polar surface area (TPSA) is 99.3 Å². The van der Waals surface area contributed by atoms with Crippen molar-refractivity contribution in [2.45, 2.75) is 50.5 Å². The van der Waals surface area contributed by atoms with Crippen LogP contribution in [0, 0.1) is 5.92 Å². The zero-order chi connectivity index (χ0) is 15.4. The molecule has 1 aromatic heterocycles. The van der Waals surface area contributed by atoms with Crippen molar-refractivity contribution >= 4 is 5.91 Å². The number of nitrogens with zero attached hydrogens (tertiary/aromatic N) is 1. The van der Waals surface area contributed by atoms with Crippen molar-refractivity contribution in [3.8, 4) is 0 Å². The molecule has 1 aliphatic heterocycles. The van der Waals surface area contributed by atoms with Gasteiger partial charge in [-0.25, -0.2) is 4.98 Å². The van der Waals surface area contributed by atoms with Crippen LogP contribution in [0.15, 0.2) is 12.4 Å². The fraction of sp³-hybridized carbons (Fsp3) is 0.733. The highest BCUT2D eigenvalue weighted by Crippen LogP contribution is 2.24. The first kappa shape index (κ1) is 15.5. The Hall–Kier alpha value is -1.44. The molecule has 0 spiro atoms. The fourth-order valence-electron chi connectivity index (χ4n) is 3.20. The van der Waals surface area contributed by atoms with Crippen LogP contribution >= 0.6 is 0 Å². The Bertz CT molecular complexity index is 473. The second-order valence-electron chi connectivity index (χ2n) is 6.11. The van der Waals surface area contributed by atoms with Gasteiger partial charge in [-0.3, -0.25) is 4.79 Å². The molecule has 1 saturated heterocycles. The average Bonchev–Trinajstić information content (AvgIpc) is 3.26. The van der Waals surface area contributed by atoms with E-state index in [4.69, 9.17) is 4.74 Å². The molecule has 1 amide bonds. The van der Waals surface area contributed by atoms with Crippen LogP contribution in [0.1, 0.15) is 31.5 Å². The van der Waals surface area contributed by atoms with Gasteiger partial charge in [-0.1, -0.05) is 12.8 Å². The number of aromatic amines is 1. The third-order valence-corrected chi connectivity index (χ3v) is 4.57. The standard InChI is InChI=1S/C15H24N4O3/c20-14-11(18-8-13-16-5-6-17-13)9-22-12(14)7-19-15(21)10-3-1-2-4-10/h5-6,10-12,14,18,20H,1-4,7-9H2,(H,16,17)(H,19,21). The maximum absolute atomic E-state index is 12.0. The molecule has 1 saturated carbocycles. The summed E-state index contributed by atoms with van der Waals surface area (Å²) in [5, 5.41) is 16.4. The van der Waals surface area contributed by atoms with E-state index in [0.29, 0.717) is 19.7 Å². The summed E-state index contributed by atoms with van der Waals surface area (Å²) in [6.07, 6.45) is 6.72. The number of hydrogen-bond donors (Lipinski definition) is 4. The summed E-state index contributed by atoms with van der Waals surface area (Å²) >= 11 is 0. The smallest absolute Gasteiger partial charge is 0.223 e. The van der Waals surface area contributed by atoms with Crippen LogP contribution < -0.4 is 10.6 Å². The lowest BCUT2D eigenvalue weighted by molar-refractivity contribution is -0.125. The van der Waals surface area contributed by atoms with Gasteiger partial charge in [0.15, 0.2) is 0 Å². The van der Waals surface area contributed by atoms with E-state index in [1.807, 2.05) is 0 Å². The van der Waals surface area contributed by atoms with E-state index >= 15 is 0 Å². The van der Waals surface area contributed by atoms with Crippen molar-refractivity contribution in [1.29, 1.82) is 0 Å². The van der Waals surface area contributed by atoms with Crippen molar-refractivity contribution in [2.24, 2.45) is 5.92 Å². The van der Waals surface area contributed by atoms with Gasteiger partial charge in [0.2, 0.25) is 5.91 Å². The minimum atomic E-state index is -0.626. The molecule has 0 bridgehead atoms. The molecule has 22 heavy (non-hydrogen) atoms. The number of hydrogen-bond acceptors (Lipinski definition) is 5. The zero-order valence-electron chi connectivity index (χ0n) is 12.6. The SMILES string of the molecule is O=C(NCC1OCC(NCc2ncc[nH]2)C1O)C1CCCC1. The van der Waals surface area contributed by atoms with Gasteiger partial charge in [0, 0.05) is 24.9 Å². The number of imidazole rings is 1. The lowest BCUT2D eigenvalue weighted by Gasteiger charge is -2.19. The molecule has 122 valence electrons. The molecule has 1 aromatic rings. The first-order chi connectivity index (χ1) is 10.7. The summed E-state index contributed by atoms with van der Waals surface area (Å²) in [4.78, 5) is 19.1. The molecular weight excluding hydrogens is 284 g/mol. The van der Waals surface area contributed by atoms with Crippen LogP contribution in [0.3, 0.4) is 0 Å². The molecule has 0 aromatic carbocycles. The molecule has 2 aliphatic rings. The van der Waals surface area contributed by atoms with Gasteiger partial charge in [0.25, 0.3) is 0 Å². The Balaban J connectivity index is 1.40. The minimum Gasteiger partial charge on any atom is -0.389 e. The van der Waals surface area contributed by atoms with E-state index in [-0.39, 0.29) is 24.0 Å². The number of ether oxygens (including phenoxy) is 1. The predicted molar refractivity (Wildman–Crippen MR) is 79.9 cm³/mol. The molecule has 0 radical (unpaired) electrons. The quantitative estimate of drug-likeness (QED) is 0.590. The number of carbonyl (C=O) groups excluding carboxylic acids is 1. The normalized spacial score (nSPS) is 29.0. The maximum Gasteiger partial charge on any atom is 0.223 e. The number of H-pyrrole nitrogens is 1. The highest BCUT2D eigenvalue weighted by Gasteiger charge is 2.36. The van der Waals surface area contributed by atoms with Crippen molar-refractivity contribution in [3.63, 3.8) is 0 Å². The highest BCUT2D eigenvalue weighted by molar-refractivity contribution is 5.78. The summed E-state index contributed by atoms with van der Waals surface area (Å²) in [6, 6.07) is -0.140. The zero-order valence-corrected chi connectivity index (χ0v) is 12.6. The number of aliphatic hydroxyl groups is 1. The van der Waals surface area contributed by atoms with Crippen LogP contribution in [0.4, 0.5) is 0 Å². The second kappa shape index (κ2) is 7.21. The molecule has 4 N–H and O–H groups in total. The van der Waals surface area contributed by atoms with Crippen molar-refractivity contribution < 1.29 is 14.6 Å². The van der Waals surface area contributed by atoms with Crippen molar-refractivity contribution in [3.05, 3.63) is 18.2 Å². The van der Waals surface area contributed by atoms with E-state index in [1.165, 1.54) is 0 Å². The Kier molecular flexibility index (Phi) is 5.07. The lowest BCUT2D eigenvalue weighted by atomic mass is 10.1. The van der Waals surface area contributed by atoms with Gasteiger partial charge in [-0.05, 0) is 12.8 Å². The number of aliphatic hydroxyl groups excluding tert-OH is 1. The number of carbonyl (C=O) groups is 1. The summed E-state index contributed by atoms with van der Waals surface area (Å²) in [5.74, 6) is 1.07. The largest absolute Gasteiger partial charge is 0.389 e. The third-order valence-electron chi connectivity index (χ3n) is 4.57. The van der Waals surface area contributed by atoms with Crippen LogP contribution in [0.5, 0.6) is 0 Å². The molecule has 3 unspecified atom stereocenters. The van der Waals surface area contributed by atoms with Gasteiger partial charge < -0.3 is 25.5 Å². The molecule has 2 heterocycles. The molecule has 3 rings (SSSR count). The Morgan fingerprint density at radius 2 is 2.27 bits per heavy atom. The Morgan fingerprint density at radius 1 is 1.45 bits per heavy atom. The first-order valence-electron chi connectivity index (χ1n) is 8.03. The number of amides is 1. The van der Waals surface area contributed by atoms with E-state index in [2.05, 4.69) is 20.6 Å². The van der Waals surface area contributed by atoms with Gasteiger partial charge in [0.1, 0.15) is 11.9 Å². The monoisotopic (exact) mass is 308 g/mol. The van der Waals surface area contributed by atoms with Crippen molar-refractivity contribution in [1.82, 2.24) is 20.6 Å². The van der Waals surface area contributed by atoms with Gasteiger partial charge >= 0.3 is 0 Å². The van der Waals surface area contributed by atoms with E-state index in [0.717, 1.165) is 31.5 Å². The van der Waals surface area contributed by atoms with Crippen LogP contribution in [-0.2, 0) is 16.1 Å². The van der Waals surface area contributed by atoms with Crippen LogP contribution in [0.2, 0.25) is 0 Å². The van der Waals surface area contributed by atoms with Gasteiger partial charge in [-0.2, -0.15) is 0 Å². The van der Waals surface area contributed by atoms with Gasteiger partial charge in [-0.15, -0.1) is 0 Å². The molecule has 7 heteroatoms. The third kappa shape index (κ3) is 3.66. The number of aromatic nitrogens is 2. The average molecular weight is 308 g/mol. The number of rotatable bonds is 6. The van der Waals surface area contributed by atoms with Crippen LogP contribution in [0.25, 0.3) is 0 Å². The van der Waals surface area contributed by atoms with Crippen LogP contribution in [-0.4, -0.2) is 52.4 Å². The summed E-state index contributed by atoms with van der Waals surface area (Å²) in [6.45, 7) is 1.36. The first-order valence-corrected chi connectivity index (χ1v) is 8.03. The predicted octanol–water partition coefficient (Wildman–Crippen LogP) is -0.0660. The summed E-state index contributed by atoms with van der Waals surface area (Å²) < 4.78 is 5.60. The minimum absolute atomic E-state index is 0.0975. The molecule has 1 aliphatic carbocycles. The fourth-order valence-corrected chi connectivity index (χ4v) is 3.20.